The van der Waals surface area contributed by atoms with Crippen LogP contribution in [0.3, 0.4) is 0 Å². The maximum atomic E-state index is 11.5. The Bertz CT molecular complexity index is 259. The lowest BCUT2D eigenvalue weighted by molar-refractivity contribution is -0.108. The Morgan fingerprint density at radius 3 is 2.32 bits per heavy atom. The van der Waals surface area contributed by atoms with Crippen molar-refractivity contribution in [2.75, 3.05) is 55.0 Å². The molecule has 1 N–H and O–H groups in total. The van der Waals surface area contributed by atoms with Gasteiger partial charge in [0.15, 0.2) is 5.12 Å². The Morgan fingerprint density at radius 2 is 1.64 bits per heavy atom. The van der Waals surface area contributed by atoms with Crippen molar-refractivity contribution in [3.05, 3.63) is 0 Å². The van der Waals surface area contributed by atoms with Gasteiger partial charge in [-0.25, -0.2) is 0 Å². The van der Waals surface area contributed by atoms with Gasteiger partial charge in [-0.15, -0.1) is 71.4 Å². The maximum absolute atomic E-state index is 11.5. The number of thiol groups is 1. The summed E-state index contributed by atoms with van der Waals surface area (Å²) in [6.45, 7) is 0.174. The molecular weight excluding hydrogens is 437 g/mol. The van der Waals surface area contributed by atoms with Crippen molar-refractivity contribution in [2.45, 2.75) is 0 Å². The summed E-state index contributed by atoms with van der Waals surface area (Å²) in [6.07, 6.45) is 0. The molecule has 0 aromatic carbocycles. The van der Waals surface area contributed by atoms with Crippen LogP contribution in [-0.4, -0.2) is 69.8 Å². The topological polar surface area (TPSA) is 60.4 Å². The third kappa shape index (κ3) is 18.7. The van der Waals surface area contributed by atoms with Gasteiger partial charge < -0.3 is 9.66 Å². The summed E-state index contributed by atoms with van der Waals surface area (Å²) in [5.74, 6) is 2.92. The molecule has 0 bridgehead atoms. The fraction of sp³-hybridized carbons (Fsp3) is 0.909. The van der Waals surface area contributed by atoms with Crippen molar-refractivity contribution >= 4 is 99.5 Å². The molecule has 0 amide bonds. The van der Waals surface area contributed by atoms with E-state index in [9.17, 15) is 9.35 Å². The summed E-state index contributed by atoms with van der Waals surface area (Å²) in [5, 5.41) is 13.0. The number of aliphatic hydroxyl groups excluding tert-OH is 1. The van der Waals surface area contributed by atoms with Gasteiger partial charge >= 0.3 is 0 Å². The fourth-order valence-electron chi connectivity index (χ4n) is 0.918. The van der Waals surface area contributed by atoms with Gasteiger partial charge in [0, 0.05) is 31.8 Å². The van der Waals surface area contributed by atoms with Gasteiger partial charge in [0.05, 0.1) is 12.4 Å². The molecule has 22 heavy (non-hydrogen) atoms. The minimum absolute atomic E-state index is 0.174. The van der Waals surface area contributed by atoms with E-state index in [1.165, 1.54) is 11.8 Å². The number of hydrogen-bond acceptors (Lipinski definition) is 10. The van der Waals surface area contributed by atoms with Crippen LogP contribution < -0.4 is 0 Å². The lowest BCUT2D eigenvalue weighted by atomic mass is 10.9. The molecule has 132 valence electrons. The Morgan fingerprint density at radius 1 is 1.00 bits per heavy atom. The van der Waals surface area contributed by atoms with E-state index in [0.717, 1.165) is 31.8 Å². The molecule has 0 aromatic rings. The van der Waals surface area contributed by atoms with Gasteiger partial charge in [-0.3, -0.25) is 4.79 Å². The summed E-state index contributed by atoms with van der Waals surface area (Å²) in [5.41, 5.74) is 0. The molecule has 0 aliphatic rings. The van der Waals surface area contributed by atoms with Crippen LogP contribution >= 0.6 is 83.2 Å². The van der Waals surface area contributed by atoms with Crippen LogP contribution in [0.2, 0.25) is 0 Å². The molecule has 0 radical (unpaired) electrons. The highest BCUT2D eigenvalue weighted by atomic mass is 32.3. The molecule has 0 rings (SSSR count). The number of rotatable bonds is 16. The molecule has 3 nitrogen and oxygen atoms in total. The van der Waals surface area contributed by atoms with Crippen molar-refractivity contribution in [3.63, 3.8) is 0 Å². The molecule has 11 heteroatoms. The van der Waals surface area contributed by atoms with E-state index in [0.29, 0.717) is 16.6 Å². The highest BCUT2D eigenvalue weighted by Crippen LogP contribution is 2.22. The van der Waals surface area contributed by atoms with E-state index in [2.05, 4.69) is 12.6 Å². The molecule has 1 atom stereocenters. The minimum atomic E-state index is -0.769. The number of aliphatic hydroxyl groups is 1. The highest BCUT2D eigenvalue weighted by Gasteiger charge is 2.03. The highest BCUT2D eigenvalue weighted by molar-refractivity contribution is 8.27. The van der Waals surface area contributed by atoms with Crippen molar-refractivity contribution in [1.82, 2.24) is 0 Å². The molecule has 0 fully saturated rings. The van der Waals surface area contributed by atoms with Gasteiger partial charge in [0.1, 0.15) is 10.8 Å². The Balaban J connectivity index is 3.15. The number of thioether (sulfide) groups is 6. The Kier molecular flexibility index (Phi) is 21.9. The van der Waals surface area contributed by atoms with Gasteiger partial charge in [-0.05, 0) is 11.2 Å². The van der Waals surface area contributed by atoms with Crippen LogP contribution in [0.5, 0.6) is 0 Å². The molecule has 0 saturated heterocycles. The summed E-state index contributed by atoms with van der Waals surface area (Å²) < 4.78 is 11.1. The smallest absolute Gasteiger partial charge is 0.199 e. The second kappa shape index (κ2) is 19.7. The summed E-state index contributed by atoms with van der Waals surface area (Å²) in [7, 11) is 0. The van der Waals surface area contributed by atoms with Crippen LogP contribution in [0.1, 0.15) is 0 Å². The van der Waals surface area contributed by atoms with Crippen molar-refractivity contribution < 1.29 is 14.5 Å². The number of hydrogen-bond donors (Lipinski definition) is 2. The van der Waals surface area contributed by atoms with Crippen molar-refractivity contribution in [2.24, 2.45) is 0 Å². The lowest BCUT2D eigenvalue weighted by Crippen LogP contribution is -2.09. The van der Waals surface area contributed by atoms with Gasteiger partial charge in [0.25, 0.3) is 0 Å². The first-order chi connectivity index (χ1) is 10.7. The molecule has 0 aliphatic heterocycles. The SMILES string of the molecule is O=C(CSCSCSCSCC[S+]([O-])CS)SCSCCO. The largest absolute Gasteiger partial charge is 0.616 e. The first-order valence-corrected chi connectivity index (χ1v) is 15.2. The second-order valence-corrected chi connectivity index (χ2v) is 13.5. The van der Waals surface area contributed by atoms with Gasteiger partial charge in [0.2, 0.25) is 0 Å². The molecule has 0 aliphatic carbocycles. The first kappa shape index (κ1) is 24.4. The van der Waals surface area contributed by atoms with E-state index in [1.807, 2.05) is 35.3 Å². The van der Waals surface area contributed by atoms with Crippen LogP contribution in [0.4, 0.5) is 0 Å². The maximum Gasteiger partial charge on any atom is 0.199 e. The third-order valence-corrected chi connectivity index (χ3v) is 11.1. The second-order valence-electron chi connectivity index (χ2n) is 3.56. The average Bonchev–Trinajstić information content (AvgIpc) is 2.53. The van der Waals surface area contributed by atoms with E-state index < -0.39 is 11.2 Å². The molecular formula is C11H22O3S8. The molecule has 0 spiro atoms. The summed E-state index contributed by atoms with van der Waals surface area (Å²) in [6, 6.07) is 0. The third-order valence-electron chi connectivity index (χ3n) is 1.86. The first-order valence-electron chi connectivity index (χ1n) is 6.31. The van der Waals surface area contributed by atoms with Crippen LogP contribution in [0.25, 0.3) is 0 Å². The molecule has 0 heterocycles. The molecule has 0 saturated carbocycles. The Hall–Kier alpha value is 2.39. The lowest BCUT2D eigenvalue weighted by Gasteiger charge is -2.07. The molecule has 0 aromatic heterocycles. The van der Waals surface area contributed by atoms with E-state index in [-0.39, 0.29) is 11.7 Å². The zero-order chi connectivity index (χ0) is 16.5. The van der Waals surface area contributed by atoms with Gasteiger partial charge in [-0.2, -0.15) is 0 Å². The van der Waals surface area contributed by atoms with E-state index in [1.54, 1.807) is 23.5 Å². The van der Waals surface area contributed by atoms with Crippen molar-refractivity contribution in [1.29, 1.82) is 0 Å². The standard InChI is InChI=1S/C11H22O3S8/c12-1-2-16-10-21-11(13)5-18-8-20-9-19-7-17-3-4-22(14)6-15/h12,15H,1-10H2. The quantitative estimate of drug-likeness (QED) is 0.157. The van der Waals surface area contributed by atoms with Crippen LogP contribution in [-0.2, 0) is 16.0 Å². The van der Waals surface area contributed by atoms with Crippen molar-refractivity contribution in [3.8, 4) is 0 Å². The van der Waals surface area contributed by atoms with Crippen LogP contribution in [0.15, 0.2) is 0 Å². The summed E-state index contributed by atoms with van der Waals surface area (Å²) in [4.78, 5) is 11.5. The minimum Gasteiger partial charge on any atom is -0.616 e. The zero-order valence-electron chi connectivity index (χ0n) is 12.1. The Labute approximate surface area is 167 Å². The predicted molar refractivity (Wildman–Crippen MR) is 119 cm³/mol. The monoisotopic (exact) mass is 458 g/mol. The van der Waals surface area contributed by atoms with E-state index in [4.69, 9.17) is 5.11 Å². The zero-order valence-corrected chi connectivity index (χ0v) is 18.7. The number of carbonyl (C=O) groups is 1. The molecule has 1 unspecified atom stereocenters. The summed E-state index contributed by atoms with van der Waals surface area (Å²) >= 11 is 13.3. The predicted octanol–water partition coefficient (Wildman–Crippen LogP) is 3.37. The average molecular weight is 459 g/mol. The fourth-order valence-corrected chi connectivity index (χ4v) is 8.85. The van der Waals surface area contributed by atoms with Gasteiger partial charge in [-0.1, -0.05) is 11.8 Å². The number of carbonyl (C=O) groups excluding carboxylic acids is 1. The van der Waals surface area contributed by atoms with Crippen LogP contribution in [0, 0.1) is 0 Å². The normalized spacial score (nSPS) is 12.5. The van der Waals surface area contributed by atoms with E-state index >= 15 is 0 Å².